The first kappa shape index (κ1) is 15.3. The maximum absolute atomic E-state index is 11.6. The van der Waals surface area contributed by atoms with Crippen molar-refractivity contribution in [1.29, 1.82) is 0 Å². The highest BCUT2D eigenvalue weighted by Crippen LogP contribution is 2.37. The molecule has 0 spiro atoms. The van der Waals surface area contributed by atoms with Gasteiger partial charge < -0.3 is 10.4 Å². The molecule has 0 radical (unpaired) electrons. The smallest absolute Gasteiger partial charge is 0.311 e. The van der Waals surface area contributed by atoms with E-state index in [0.717, 1.165) is 24.8 Å². The van der Waals surface area contributed by atoms with E-state index in [9.17, 15) is 20.0 Å². The third-order valence-electron chi connectivity index (χ3n) is 4.17. The lowest BCUT2D eigenvalue weighted by atomic mass is 9.74. The minimum atomic E-state index is -0.781. The van der Waals surface area contributed by atoms with Gasteiger partial charge in [0.15, 0.2) is 0 Å². The van der Waals surface area contributed by atoms with E-state index < -0.39 is 16.3 Å². The first-order valence-corrected chi connectivity index (χ1v) is 7.16. The molecule has 0 saturated heterocycles. The van der Waals surface area contributed by atoms with E-state index in [4.69, 9.17) is 0 Å². The lowest BCUT2D eigenvalue weighted by molar-refractivity contribution is -0.384. The van der Waals surface area contributed by atoms with Crippen LogP contribution in [0, 0.1) is 22.5 Å². The Labute approximate surface area is 123 Å². The number of carbonyl (C=O) groups is 1. The van der Waals surface area contributed by atoms with Gasteiger partial charge in [-0.1, -0.05) is 19.3 Å². The van der Waals surface area contributed by atoms with Gasteiger partial charge in [-0.15, -0.1) is 0 Å². The van der Waals surface area contributed by atoms with Crippen molar-refractivity contribution in [2.75, 3.05) is 11.9 Å². The number of carboxylic acids is 1. The van der Waals surface area contributed by atoms with Crippen molar-refractivity contribution in [2.45, 2.75) is 39.0 Å². The Hall–Kier alpha value is -2.11. The number of carboxylic acid groups (broad SMARTS) is 1. The van der Waals surface area contributed by atoms with Crippen LogP contribution in [0.4, 0.5) is 11.4 Å². The van der Waals surface area contributed by atoms with Crippen LogP contribution in [0.5, 0.6) is 0 Å². The van der Waals surface area contributed by atoms with Crippen LogP contribution in [-0.2, 0) is 4.79 Å². The lowest BCUT2D eigenvalue weighted by Crippen LogP contribution is -2.39. The number of hydrogen-bond acceptors (Lipinski definition) is 4. The van der Waals surface area contributed by atoms with Crippen LogP contribution in [0.1, 0.15) is 37.7 Å². The summed E-state index contributed by atoms with van der Waals surface area (Å²) < 4.78 is 0. The molecule has 6 heteroatoms. The van der Waals surface area contributed by atoms with Gasteiger partial charge in [-0.2, -0.15) is 0 Å². The molecule has 21 heavy (non-hydrogen) atoms. The van der Waals surface area contributed by atoms with Gasteiger partial charge in [0, 0.05) is 24.4 Å². The fourth-order valence-corrected chi connectivity index (χ4v) is 2.94. The number of anilines is 1. The van der Waals surface area contributed by atoms with Crippen LogP contribution in [-0.4, -0.2) is 22.5 Å². The van der Waals surface area contributed by atoms with E-state index in [1.807, 2.05) is 0 Å². The van der Waals surface area contributed by atoms with Crippen molar-refractivity contribution in [1.82, 2.24) is 0 Å². The normalized spacial score (nSPS) is 17.2. The minimum absolute atomic E-state index is 0.0190. The van der Waals surface area contributed by atoms with Crippen LogP contribution in [0.15, 0.2) is 18.2 Å². The van der Waals surface area contributed by atoms with Gasteiger partial charge >= 0.3 is 5.97 Å². The first-order chi connectivity index (χ1) is 9.93. The van der Waals surface area contributed by atoms with Crippen molar-refractivity contribution < 1.29 is 14.8 Å². The van der Waals surface area contributed by atoms with Crippen LogP contribution < -0.4 is 5.32 Å². The summed E-state index contributed by atoms with van der Waals surface area (Å²) in [6.07, 6.45) is 4.22. The van der Waals surface area contributed by atoms with Gasteiger partial charge in [0.1, 0.15) is 0 Å². The summed E-state index contributed by atoms with van der Waals surface area (Å²) in [6, 6.07) is 4.75. The van der Waals surface area contributed by atoms with Gasteiger partial charge in [0.2, 0.25) is 0 Å². The van der Waals surface area contributed by atoms with Crippen LogP contribution >= 0.6 is 0 Å². The number of aliphatic carboxylic acids is 1. The number of rotatable bonds is 5. The Morgan fingerprint density at radius 2 is 2.00 bits per heavy atom. The molecule has 1 aliphatic carbocycles. The molecule has 1 aromatic rings. The SMILES string of the molecule is Cc1cc(NCC2(C(=O)O)CCCCC2)cc([N+](=O)[O-])c1. The average molecular weight is 292 g/mol. The zero-order valence-corrected chi connectivity index (χ0v) is 12.1. The highest BCUT2D eigenvalue weighted by atomic mass is 16.6. The van der Waals surface area contributed by atoms with Crippen molar-refractivity contribution in [2.24, 2.45) is 5.41 Å². The number of non-ortho nitro benzene ring substituents is 1. The Morgan fingerprint density at radius 1 is 1.33 bits per heavy atom. The maximum atomic E-state index is 11.6. The minimum Gasteiger partial charge on any atom is -0.481 e. The van der Waals surface area contributed by atoms with E-state index >= 15 is 0 Å². The van der Waals surface area contributed by atoms with Gasteiger partial charge in [-0.25, -0.2) is 0 Å². The highest BCUT2D eigenvalue weighted by molar-refractivity contribution is 5.75. The Bertz CT molecular complexity index is 551. The van der Waals surface area contributed by atoms with E-state index in [1.165, 1.54) is 12.1 Å². The number of aryl methyl sites for hydroxylation is 1. The van der Waals surface area contributed by atoms with E-state index in [2.05, 4.69) is 5.32 Å². The van der Waals surface area contributed by atoms with Gasteiger partial charge in [0.25, 0.3) is 5.69 Å². The molecule has 0 amide bonds. The van der Waals surface area contributed by atoms with Crippen LogP contribution in [0.25, 0.3) is 0 Å². The predicted molar refractivity (Wildman–Crippen MR) is 79.5 cm³/mol. The van der Waals surface area contributed by atoms with Crippen LogP contribution in [0.2, 0.25) is 0 Å². The summed E-state index contributed by atoms with van der Waals surface area (Å²) in [7, 11) is 0. The lowest BCUT2D eigenvalue weighted by Gasteiger charge is -2.33. The van der Waals surface area contributed by atoms with Crippen molar-refractivity contribution in [3.8, 4) is 0 Å². The number of hydrogen-bond donors (Lipinski definition) is 2. The molecule has 2 N–H and O–H groups in total. The summed E-state index contributed by atoms with van der Waals surface area (Å²) in [6.45, 7) is 2.09. The molecule has 0 atom stereocenters. The maximum Gasteiger partial charge on any atom is 0.311 e. The van der Waals surface area contributed by atoms with Gasteiger partial charge in [0.05, 0.1) is 10.3 Å². The number of nitrogens with one attached hydrogen (secondary N) is 1. The summed E-state index contributed by atoms with van der Waals surface area (Å²) in [5, 5.41) is 23.5. The molecular weight excluding hydrogens is 272 g/mol. The summed E-state index contributed by atoms with van der Waals surface area (Å²) in [5.74, 6) is -0.781. The predicted octanol–water partition coefficient (Wildman–Crippen LogP) is 3.35. The molecule has 0 unspecified atom stereocenters. The molecular formula is C15H20N2O4. The van der Waals surface area contributed by atoms with Crippen molar-refractivity contribution in [3.05, 3.63) is 33.9 Å². The summed E-state index contributed by atoms with van der Waals surface area (Å²) in [4.78, 5) is 22.0. The quantitative estimate of drug-likeness (QED) is 0.641. The molecule has 0 aliphatic heterocycles. The molecule has 0 bridgehead atoms. The number of nitro benzene ring substituents is 1. The number of nitrogens with zero attached hydrogens (tertiary/aromatic N) is 1. The zero-order valence-electron chi connectivity index (χ0n) is 12.1. The fourth-order valence-electron chi connectivity index (χ4n) is 2.94. The van der Waals surface area contributed by atoms with Crippen molar-refractivity contribution in [3.63, 3.8) is 0 Å². The number of nitro groups is 1. The third-order valence-corrected chi connectivity index (χ3v) is 4.17. The highest BCUT2D eigenvalue weighted by Gasteiger charge is 2.39. The molecule has 1 aliphatic rings. The van der Waals surface area contributed by atoms with Gasteiger partial charge in [-0.05, 0) is 31.4 Å². The third kappa shape index (κ3) is 3.51. The summed E-state index contributed by atoms with van der Waals surface area (Å²) in [5.41, 5.74) is 0.648. The standard InChI is InChI=1S/C15H20N2O4/c1-11-7-12(9-13(8-11)17(20)21)16-10-15(14(18)19)5-3-2-4-6-15/h7-9,16H,2-6,10H2,1H3,(H,18,19). The Morgan fingerprint density at radius 3 is 2.57 bits per heavy atom. The van der Waals surface area contributed by atoms with Crippen molar-refractivity contribution >= 4 is 17.3 Å². The van der Waals surface area contributed by atoms with E-state index in [-0.39, 0.29) is 5.69 Å². The second-order valence-corrected chi connectivity index (χ2v) is 5.81. The molecule has 1 fully saturated rings. The average Bonchev–Trinajstić information content (AvgIpc) is 2.45. The second-order valence-electron chi connectivity index (χ2n) is 5.81. The topological polar surface area (TPSA) is 92.5 Å². The van der Waals surface area contributed by atoms with E-state index in [0.29, 0.717) is 25.1 Å². The Balaban J connectivity index is 2.14. The van der Waals surface area contributed by atoms with Gasteiger partial charge in [-0.3, -0.25) is 14.9 Å². The Kier molecular flexibility index (Phi) is 4.45. The summed E-state index contributed by atoms with van der Waals surface area (Å²) >= 11 is 0. The molecule has 0 heterocycles. The molecule has 114 valence electrons. The fraction of sp³-hybridized carbons (Fsp3) is 0.533. The first-order valence-electron chi connectivity index (χ1n) is 7.16. The molecule has 0 aromatic heterocycles. The molecule has 1 saturated carbocycles. The van der Waals surface area contributed by atoms with Crippen LogP contribution in [0.3, 0.4) is 0 Å². The second kappa shape index (κ2) is 6.11. The molecule has 2 rings (SSSR count). The molecule has 1 aromatic carbocycles. The monoisotopic (exact) mass is 292 g/mol. The molecule has 6 nitrogen and oxygen atoms in total. The largest absolute Gasteiger partial charge is 0.481 e. The van der Waals surface area contributed by atoms with E-state index in [1.54, 1.807) is 13.0 Å². The zero-order chi connectivity index (χ0) is 15.5. The number of benzene rings is 1.